The fourth-order valence-corrected chi connectivity index (χ4v) is 3.96. The van der Waals surface area contributed by atoms with Gasteiger partial charge in [-0.05, 0) is 16.7 Å². The first-order valence-corrected chi connectivity index (χ1v) is 9.71. The van der Waals surface area contributed by atoms with Crippen LogP contribution in [0.3, 0.4) is 0 Å². The summed E-state index contributed by atoms with van der Waals surface area (Å²) in [6.07, 6.45) is 0.292. The lowest BCUT2D eigenvalue weighted by molar-refractivity contribution is -0.142. The molecule has 0 bridgehead atoms. The standard InChI is InChI=1S/C22H21N3O5/c26-18(23-19(21(28)29)14-6-2-1-3-7-14)10-11-24-20(27)17-12-15-8-4-5-9-16(15)13-25(17)22(24)30/h1-9,17,19H,10-13H2,(H,23,26)(H,28,29)/t17-,19-/m0/s1. The molecule has 0 unspecified atom stereocenters. The minimum atomic E-state index is -1.19. The van der Waals surface area contributed by atoms with E-state index in [1.54, 1.807) is 30.3 Å². The van der Waals surface area contributed by atoms with Crippen molar-refractivity contribution in [3.05, 3.63) is 71.3 Å². The molecular formula is C22H21N3O5. The summed E-state index contributed by atoms with van der Waals surface area (Å²) in [5.41, 5.74) is 2.51. The summed E-state index contributed by atoms with van der Waals surface area (Å²) < 4.78 is 0. The molecule has 0 radical (unpaired) electrons. The summed E-state index contributed by atoms with van der Waals surface area (Å²) in [4.78, 5) is 52.0. The average molecular weight is 407 g/mol. The van der Waals surface area contributed by atoms with Crippen LogP contribution in [0.25, 0.3) is 0 Å². The van der Waals surface area contributed by atoms with Gasteiger partial charge in [-0.25, -0.2) is 9.59 Å². The van der Waals surface area contributed by atoms with Crippen LogP contribution in [0.5, 0.6) is 0 Å². The highest BCUT2D eigenvalue weighted by atomic mass is 16.4. The summed E-state index contributed by atoms with van der Waals surface area (Å²) >= 11 is 0. The maximum Gasteiger partial charge on any atom is 0.330 e. The quantitative estimate of drug-likeness (QED) is 0.709. The van der Waals surface area contributed by atoms with E-state index < -0.39 is 30.0 Å². The number of nitrogens with zero attached hydrogens (tertiary/aromatic N) is 2. The molecule has 2 atom stereocenters. The zero-order valence-electron chi connectivity index (χ0n) is 16.2. The first-order valence-electron chi connectivity index (χ1n) is 9.71. The molecule has 154 valence electrons. The number of benzene rings is 2. The molecule has 2 aromatic carbocycles. The predicted octanol–water partition coefficient (Wildman–Crippen LogP) is 1.71. The van der Waals surface area contributed by atoms with Crippen molar-refractivity contribution in [1.82, 2.24) is 15.1 Å². The highest BCUT2D eigenvalue weighted by Gasteiger charge is 2.46. The Morgan fingerprint density at radius 3 is 2.40 bits per heavy atom. The Labute approximate surface area is 173 Å². The van der Waals surface area contributed by atoms with E-state index in [0.29, 0.717) is 18.5 Å². The van der Waals surface area contributed by atoms with Crippen LogP contribution in [-0.4, -0.2) is 51.3 Å². The fourth-order valence-electron chi connectivity index (χ4n) is 3.96. The van der Waals surface area contributed by atoms with Crippen LogP contribution in [0.1, 0.15) is 29.2 Å². The monoisotopic (exact) mass is 407 g/mol. The topological polar surface area (TPSA) is 107 Å². The Morgan fingerprint density at radius 2 is 1.70 bits per heavy atom. The second kappa shape index (κ2) is 7.98. The lowest BCUT2D eigenvalue weighted by Gasteiger charge is -2.28. The van der Waals surface area contributed by atoms with Crippen molar-refractivity contribution in [2.24, 2.45) is 0 Å². The van der Waals surface area contributed by atoms with Crippen molar-refractivity contribution in [2.45, 2.75) is 31.5 Å². The minimum absolute atomic E-state index is 0.0893. The van der Waals surface area contributed by atoms with Gasteiger partial charge in [0, 0.05) is 25.9 Å². The van der Waals surface area contributed by atoms with Crippen molar-refractivity contribution in [3.63, 3.8) is 0 Å². The molecule has 2 N–H and O–H groups in total. The lowest BCUT2D eigenvalue weighted by atomic mass is 9.95. The average Bonchev–Trinajstić information content (AvgIpc) is 2.98. The molecule has 4 rings (SSSR count). The van der Waals surface area contributed by atoms with Gasteiger partial charge in [-0.1, -0.05) is 54.6 Å². The number of aliphatic carboxylic acids is 1. The summed E-state index contributed by atoms with van der Waals surface area (Å²) in [7, 11) is 0. The van der Waals surface area contributed by atoms with Gasteiger partial charge in [0.05, 0.1) is 0 Å². The molecule has 2 aliphatic heterocycles. The summed E-state index contributed by atoms with van der Waals surface area (Å²) in [6.45, 7) is 0.275. The number of imide groups is 1. The Bertz CT molecular complexity index is 964. The molecular weight excluding hydrogens is 386 g/mol. The zero-order valence-corrected chi connectivity index (χ0v) is 16.2. The van der Waals surface area contributed by atoms with Gasteiger partial charge in [0.2, 0.25) is 5.91 Å². The number of urea groups is 1. The third-order valence-electron chi connectivity index (χ3n) is 5.52. The second-order valence-electron chi connectivity index (χ2n) is 7.39. The van der Waals surface area contributed by atoms with Gasteiger partial charge >= 0.3 is 12.0 Å². The molecule has 2 aliphatic rings. The number of carbonyl (C=O) groups is 4. The third-order valence-corrected chi connectivity index (χ3v) is 5.52. The number of nitrogens with one attached hydrogen (secondary N) is 1. The molecule has 8 heteroatoms. The van der Waals surface area contributed by atoms with Crippen molar-refractivity contribution >= 4 is 23.8 Å². The number of amides is 4. The molecule has 8 nitrogen and oxygen atoms in total. The smallest absolute Gasteiger partial charge is 0.330 e. The zero-order chi connectivity index (χ0) is 21.3. The molecule has 0 aromatic heterocycles. The SMILES string of the molecule is O=C(CCN1C(=O)[C@@H]2Cc3ccccc3CN2C1=O)N[C@H](C(=O)O)c1ccccc1. The van der Waals surface area contributed by atoms with Crippen LogP contribution in [0.4, 0.5) is 4.79 Å². The highest BCUT2D eigenvalue weighted by Crippen LogP contribution is 2.30. The molecule has 4 amide bonds. The van der Waals surface area contributed by atoms with Crippen LogP contribution >= 0.6 is 0 Å². The molecule has 0 spiro atoms. The van der Waals surface area contributed by atoms with Crippen molar-refractivity contribution < 1.29 is 24.3 Å². The molecule has 0 aliphatic carbocycles. The van der Waals surface area contributed by atoms with E-state index in [0.717, 1.165) is 16.0 Å². The van der Waals surface area contributed by atoms with Crippen LogP contribution in [0, 0.1) is 0 Å². The van der Waals surface area contributed by atoms with E-state index in [1.807, 2.05) is 24.3 Å². The summed E-state index contributed by atoms with van der Waals surface area (Å²) in [5.74, 6) is -2.04. The van der Waals surface area contributed by atoms with Crippen LogP contribution < -0.4 is 5.32 Å². The maximum atomic E-state index is 12.8. The van der Waals surface area contributed by atoms with Crippen LogP contribution in [0.2, 0.25) is 0 Å². The Balaban J connectivity index is 1.39. The first kappa shape index (κ1) is 19.6. The molecule has 1 saturated heterocycles. The number of carboxylic acids is 1. The van der Waals surface area contributed by atoms with Gasteiger partial charge in [-0.2, -0.15) is 0 Å². The van der Waals surface area contributed by atoms with E-state index in [-0.39, 0.29) is 18.9 Å². The fraction of sp³-hybridized carbons (Fsp3) is 0.273. The number of hydrogen-bond donors (Lipinski definition) is 2. The van der Waals surface area contributed by atoms with E-state index >= 15 is 0 Å². The van der Waals surface area contributed by atoms with E-state index in [2.05, 4.69) is 5.32 Å². The number of fused-ring (bicyclic) bond motifs is 2. The predicted molar refractivity (Wildman–Crippen MR) is 106 cm³/mol. The summed E-state index contributed by atoms with van der Waals surface area (Å²) in [6, 6.07) is 13.9. The number of carbonyl (C=O) groups excluding carboxylic acids is 3. The number of carboxylic acid groups (broad SMARTS) is 1. The number of rotatable bonds is 6. The van der Waals surface area contributed by atoms with E-state index in [1.165, 1.54) is 4.90 Å². The van der Waals surface area contributed by atoms with Gasteiger partial charge in [-0.15, -0.1) is 0 Å². The maximum absolute atomic E-state index is 12.8. The molecule has 30 heavy (non-hydrogen) atoms. The van der Waals surface area contributed by atoms with Crippen LogP contribution in [0.15, 0.2) is 54.6 Å². The van der Waals surface area contributed by atoms with Crippen molar-refractivity contribution in [2.75, 3.05) is 6.54 Å². The van der Waals surface area contributed by atoms with Crippen molar-refractivity contribution in [1.29, 1.82) is 0 Å². The molecule has 2 heterocycles. The van der Waals surface area contributed by atoms with E-state index in [9.17, 15) is 24.3 Å². The largest absolute Gasteiger partial charge is 0.479 e. The number of hydrogen-bond acceptors (Lipinski definition) is 4. The van der Waals surface area contributed by atoms with Gasteiger partial charge in [0.1, 0.15) is 6.04 Å². The molecule has 0 saturated carbocycles. The third kappa shape index (κ3) is 3.63. The molecule has 2 aromatic rings. The van der Waals surface area contributed by atoms with E-state index in [4.69, 9.17) is 0 Å². The highest BCUT2D eigenvalue weighted by molar-refractivity contribution is 6.05. The second-order valence-corrected chi connectivity index (χ2v) is 7.39. The Hall–Kier alpha value is -3.68. The minimum Gasteiger partial charge on any atom is -0.479 e. The van der Waals surface area contributed by atoms with Crippen LogP contribution in [-0.2, 0) is 27.3 Å². The lowest BCUT2D eigenvalue weighted by Crippen LogP contribution is -2.40. The van der Waals surface area contributed by atoms with Gasteiger partial charge < -0.3 is 15.3 Å². The van der Waals surface area contributed by atoms with Gasteiger partial charge in [-0.3, -0.25) is 14.5 Å². The van der Waals surface area contributed by atoms with Gasteiger partial charge in [0.25, 0.3) is 5.91 Å². The van der Waals surface area contributed by atoms with Crippen molar-refractivity contribution in [3.8, 4) is 0 Å². The Morgan fingerprint density at radius 1 is 1.03 bits per heavy atom. The first-order chi connectivity index (χ1) is 14.5. The Kier molecular flexibility index (Phi) is 5.22. The summed E-state index contributed by atoms with van der Waals surface area (Å²) in [5, 5.41) is 11.9. The normalized spacial score (nSPS) is 18.6. The van der Waals surface area contributed by atoms with Gasteiger partial charge in [0.15, 0.2) is 6.04 Å². The molecule has 1 fully saturated rings.